The van der Waals surface area contributed by atoms with E-state index >= 15 is 0 Å². The largest absolute Gasteiger partial charge is 0.493 e. The number of hydrogen-bond acceptors (Lipinski definition) is 6. The van der Waals surface area contributed by atoms with Gasteiger partial charge in [0.2, 0.25) is 0 Å². The summed E-state index contributed by atoms with van der Waals surface area (Å²) in [6.45, 7) is 3.74. The first-order valence-electron chi connectivity index (χ1n) is 7.93. The van der Waals surface area contributed by atoms with Gasteiger partial charge in [0.05, 0.1) is 19.3 Å². The molecule has 0 saturated carbocycles. The summed E-state index contributed by atoms with van der Waals surface area (Å²) < 4.78 is 40.4. The van der Waals surface area contributed by atoms with Crippen LogP contribution in [0.25, 0.3) is 6.08 Å². The van der Waals surface area contributed by atoms with Gasteiger partial charge in [-0.25, -0.2) is 4.79 Å². The second-order valence-corrected chi connectivity index (χ2v) is 6.74. The van der Waals surface area contributed by atoms with Crippen LogP contribution in [0, 0.1) is 0 Å². The molecule has 0 amide bonds. The molecule has 0 saturated heterocycles. The van der Waals surface area contributed by atoms with E-state index in [1.807, 2.05) is 19.1 Å². The van der Waals surface area contributed by atoms with Gasteiger partial charge >= 0.3 is 16.1 Å². The van der Waals surface area contributed by atoms with Gasteiger partial charge in [0.1, 0.15) is 4.90 Å². The van der Waals surface area contributed by atoms with Gasteiger partial charge < -0.3 is 13.7 Å². The Morgan fingerprint density at radius 1 is 1.12 bits per heavy atom. The van der Waals surface area contributed by atoms with Crippen molar-refractivity contribution < 1.29 is 26.9 Å². The van der Waals surface area contributed by atoms with E-state index in [1.54, 1.807) is 19.1 Å². The van der Waals surface area contributed by atoms with Gasteiger partial charge in [-0.2, -0.15) is 8.42 Å². The van der Waals surface area contributed by atoms with Gasteiger partial charge in [0, 0.05) is 0 Å². The summed E-state index contributed by atoms with van der Waals surface area (Å²) in [5.41, 5.74) is 0.977. The molecule has 0 aliphatic carbocycles. The van der Waals surface area contributed by atoms with E-state index in [-0.39, 0.29) is 28.6 Å². The van der Waals surface area contributed by atoms with Crippen molar-refractivity contribution >= 4 is 22.2 Å². The summed E-state index contributed by atoms with van der Waals surface area (Å²) in [7, 11) is -2.72. The maximum absolute atomic E-state index is 12.6. The van der Waals surface area contributed by atoms with E-state index in [0.29, 0.717) is 0 Å². The maximum Gasteiger partial charge on any atom is 0.339 e. The molecule has 0 heterocycles. The molecule has 0 spiro atoms. The summed E-state index contributed by atoms with van der Waals surface area (Å²) >= 11 is 0. The maximum atomic E-state index is 12.6. The molecule has 0 fully saturated rings. The standard InChI is InChI=1S/C19H20O6S/c1-4-7-14-10-11-17(18(12-14)23-3)25-26(21,22)16-9-6-8-15(13-16)19(20)24-5-2/h4,6-13H,5H2,1-3H3/b7-4+. The highest BCUT2D eigenvalue weighted by Gasteiger charge is 2.21. The highest BCUT2D eigenvalue weighted by atomic mass is 32.2. The molecule has 2 aromatic rings. The lowest BCUT2D eigenvalue weighted by Gasteiger charge is -2.12. The summed E-state index contributed by atoms with van der Waals surface area (Å²) in [5.74, 6) is -0.258. The first kappa shape index (κ1) is 19.5. The molecule has 0 bridgehead atoms. The third kappa shape index (κ3) is 4.64. The molecule has 2 aromatic carbocycles. The Hall–Kier alpha value is -2.80. The SMILES string of the molecule is C/C=C/c1ccc(OS(=O)(=O)c2cccc(C(=O)OCC)c2)c(OC)c1. The van der Waals surface area contributed by atoms with Crippen molar-refractivity contribution in [3.63, 3.8) is 0 Å². The van der Waals surface area contributed by atoms with Crippen LogP contribution in [-0.2, 0) is 14.9 Å². The van der Waals surface area contributed by atoms with Crippen LogP contribution in [0.2, 0.25) is 0 Å². The Bertz CT molecular complexity index is 915. The number of allylic oxidation sites excluding steroid dienone is 1. The molecule has 0 aliphatic rings. The van der Waals surface area contributed by atoms with Crippen molar-refractivity contribution in [1.82, 2.24) is 0 Å². The Morgan fingerprint density at radius 2 is 1.88 bits per heavy atom. The van der Waals surface area contributed by atoms with E-state index in [2.05, 4.69) is 0 Å². The molecule has 0 aliphatic heterocycles. The molecule has 2 rings (SSSR count). The lowest BCUT2D eigenvalue weighted by atomic mass is 10.2. The molecular formula is C19H20O6S. The van der Waals surface area contributed by atoms with Gasteiger partial charge in [0.15, 0.2) is 11.5 Å². The Kier molecular flexibility index (Phi) is 6.41. The van der Waals surface area contributed by atoms with E-state index < -0.39 is 16.1 Å². The summed E-state index contributed by atoms with van der Waals surface area (Å²) in [6.07, 6.45) is 3.70. The number of carbonyl (C=O) groups is 1. The first-order valence-corrected chi connectivity index (χ1v) is 9.34. The van der Waals surface area contributed by atoms with E-state index in [9.17, 15) is 13.2 Å². The van der Waals surface area contributed by atoms with Crippen LogP contribution in [0.15, 0.2) is 53.4 Å². The smallest absolute Gasteiger partial charge is 0.339 e. The van der Waals surface area contributed by atoms with Crippen LogP contribution >= 0.6 is 0 Å². The van der Waals surface area contributed by atoms with E-state index in [4.69, 9.17) is 13.7 Å². The molecule has 0 aromatic heterocycles. The third-order valence-electron chi connectivity index (χ3n) is 3.38. The zero-order valence-corrected chi connectivity index (χ0v) is 15.6. The van der Waals surface area contributed by atoms with Crippen LogP contribution < -0.4 is 8.92 Å². The lowest BCUT2D eigenvalue weighted by molar-refractivity contribution is 0.0526. The fourth-order valence-electron chi connectivity index (χ4n) is 2.21. The van der Waals surface area contributed by atoms with Crippen molar-refractivity contribution in [3.8, 4) is 11.5 Å². The first-order chi connectivity index (χ1) is 12.4. The lowest BCUT2D eigenvalue weighted by Crippen LogP contribution is -2.12. The second-order valence-electron chi connectivity index (χ2n) is 5.20. The van der Waals surface area contributed by atoms with Gasteiger partial charge in [-0.15, -0.1) is 0 Å². The van der Waals surface area contributed by atoms with E-state index in [1.165, 1.54) is 37.4 Å². The summed E-state index contributed by atoms with van der Waals surface area (Å²) in [4.78, 5) is 11.6. The molecule has 0 unspecified atom stereocenters. The highest BCUT2D eigenvalue weighted by Crippen LogP contribution is 2.31. The van der Waals surface area contributed by atoms with Crippen LogP contribution in [0.1, 0.15) is 29.8 Å². The van der Waals surface area contributed by atoms with Crippen LogP contribution in [0.5, 0.6) is 11.5 Å². The van der Waals surface area contributed by atoms with Crippen molar-refractivity contribution in [1.29, 1.82) is 0 Å². The van der Waals surface area contributed by atoms with Crippen LogP contribution in [-0.4, -0.2) is 28.1 Å². The van der Waals surface area contributed by atoms with Crippen molar-refractivity contribution in [2.75, 3.05) is 13.7 Å². The van der Waals surface area contributed by atoms with Crippen LogP contribution in [0.4, 0.5) is 0 Å². The average molecular weight is 376 g/mol. The average Bonchev–Trinajstić information content (AvgIpc) is 2.63. The van der Waals surface area contributed by atoms with Gasteiger partial charge in [-0.3, -0.25) is 0 Å². The molecule has 26 heavy (non-hydrogen) atoms. The van der Waals surface area contributed by atoms with Gasteiger partial charge in [0.25, 0.3) is 0 Å². The topological polar surface area (TPSA) is 78.9 Å². The zero-order chi connectivity index (χ0) is 19.2. The molecule has 6 nitrogen and oxygen atoms in total. The minimum absolute atomic E-state index is 0.0577. The fourth-order valence-corrected chi connectivity index (χ4v) is 3.20. The number of hydrogen-bond donors (Lipinski definition) is 0. The van der Waals surface area contributed by atoms with Gasteiger partial charge in [-0.05, 0) is 49.7 Å². The normalized spacial score (nSPS) is 11.3. The number of rotatable bonds is 7. The predicted molar refractivity (Wildman–Crippen MR) is 97.9 cm³/mol. The fraction of sp³-hybridized carbons (Fsp3) is 0.211. The number of benzene rings is 2. The molecule has 0 atom stereocenters. The number of methoxy groups -OCH3 is 1. The van der Waals surface area contributed by atoms with Crippen molar-refractivity contribution in [2.24, 2.45) is 0 Å². The second kappa shape index (κ2) is 8.53. The minimum atomic E-state index is -4.15. The van der Waals surface area contributed by atoms with Gasteiger partial charge in [-0.1, -0.05) is 24.3 Å². The molecule has 138 valence electrons. The number of ether oxygens (including phenoxy) is 2. The predicted octanol–water partition coefficient (Wildman–Crippen LogP) is 3.67. The number of carbonyl (C=O) groups excluding carboxylic acids is 1. The molecule has 7 heteroatoms. The van der Waals surface area contributed by atoms with Crippen molar-refractivity contribution in [3.05, 3.63) is 59.7 Å². The molecular weight excluding hydrogens is 356 g/mol. The van der Waals surface area contributed by atoms with Crippen molar-refractivity contribution in [2.45, 2.75) is 18.7 Å². The molecule has 0 N–H and O–H groups in total. The highest BCUT2D eigenvalue weighted by molar-refractivity contribution is 7.87. The molecule has 0 radical (unpaired) electrons. The quantitative estimate of drug-likeness (QED) is 0.542. The van der Waals surface area contributed by atoms with E-state index in [0.717, 1.165) is 5.56 Å². The Balaban J connectivity index is 2.34. The Labute approximate surface area is 153 Å². The monoisotopic (exact) mass is 376 g/mol. The van der Waals surface area contributed by atoms with Crippen LogP contribution in [0.3, 0.4) is 0 Å². The Morgan fingerprint density at radius 3 is 2.54 bits per heavy atom. The number of esters is 1. The summed E-state index contributed by atoms with van der Waals surface area (Å²) in [6, 6.07) is 10.4. The summed E-state index contributed by atoms with van der Waals surface area (Å²) in [5, 5.41) is 0. The zero-order valence-electron chi connectivity index (χ0n) is 14.8. The minimum Gasteiger partial charge on any atom is -0.493 e. The third-order valence-corrected chi connectivity index (χ3v) is 4.61.